The number of ether oxygens (including phenoxy) is 1. The molecule has 2 N–H and O–H groups in total. The fraction of sp³-hybridized carbons (Fsp3) is 0.412. The molecule has 2 fully saturated rings. The number of carbonyl (C=O) groups is 1. The highest BCUT2D eigenvalue weighted by atomic mass is 127. The number of nitrogens with one attached hydrogen (secondary N) is 1. The maximum Gasteiger partial charge on any atom is 0.276 e. The van der Waals surface area contributed by atoms with Crippen LogP contribution in [0.5, 0.6) is 11.5 Å². The van der Waals surface area contributed by atoms with E-state index in [4.69, 9.17) is 17.0 Å². The first-order valence-electron chi connectivity index (χ1n) is 7.94. The van der Waals surface area contributed by atoms with Gasteiger partial charge in [0.15, 0.2) is 16.6 Å². The molecule has 7 heteroatoms. The van der Waals surface area contributed by atoms with E-state index in [9.17, 15) is 9.90 Å². The van der Waals surface area contributed by atoms with Crippen LogP contribution in [0.1, 0.15) is 37.7 Å². The third kappa shape index (κ3) is 3.37. The van der Waals surface area contributed by atoms with Gasteiger partial charge in [-0.1, -0.05) is 19.3 Å². The van der Waals surface area contributed by atoms with E-state index in [1.807, 2.05) is 22.6 Å². The number of phenolic OH excluding ortho intramolecular Hbond substituents is 1. The van der Waals surface area contributed by atoms with Gasteiger partial charge in [0.25, 0.3) is 5.91 Å². The Labute approximate surface area is 160 Å². The molecule has 1 amide bonds. The van der Waals surface area contributed by atoms with Crippen LogP contribution in [-0.2, 0) is 4.79 Å². The zero-order chi connectivity index (χ0) is 17.3. The van der Waals surface area contributed by atoms with E-state index in [2.05, 4.69) is 5.32 Å². The number of carbonyl (C=O) groups excluding carboxylic acids is 1. The van der Waals surface area contributed by atoms with Crippen LogP contribution >= 0.6 is 34.8 Å². The van der Waals surface area contributed by atoms with E-state index in [1.165, 1.54) is 13.5 Å². The van der Waals surface area contributed by atoms with Gasteiger partial charge in [0.05, 0.1) is 10.7 Å². The molecule has 1 saturated carbocycles. The van der Waals surface area contributed by atoms with Gasteiger partial charge in [-0.15, -0.1) is 0 Å². The van der Waals surface area contributed by atoms with Crippen molar-refractivity contribution in [2.75, 3.05) is 7.11 Å². The summed E-state index contributed by atoms with van der Waals surface area (Å²) in [6.45, 7) is 0. The molecule has 0 unspecified atom stereocenters. The van der Waals surface area contributed by atoms with Gasteiger partial charge in [-0.3, -0.25) is 9.69 Å². The molecule has 1 aliphatic heterocycles. The van der Waals surface area contributed by atoms with Crippen LogP contribution in [-0.4, -0.2) is 34.2 Å². The van der Waals surface area contributed by atoms with Crippen LogP contribution in [0.4, 0.5) is 0 Å². The normalized spacial score (nSPS) is 20.6. The highest BCUT2D eigenvalue weighted by molar-refractivity contribution is 14.1. The molecule has 0 bridgehead atoms. The van der Waals surface area contributed by atoms with Gasteiger partial charge in [0, 0.05) is 6.04 Å². The minimum atomic E-state index is -0.0750. The lowest BCUT2D eigenvalue weighted by Crippen LogP contribution is -2.41. The molecule has 1 aliphatic carbocycles. The monoisotopic (exact) mass is 458 g/mol. The first-order chi connectivity index (χ1) is 11.5. The van der Waals surface area contributed by atoms with Crippen LogP contribution in [0.3, 0.4) is 0 Å². The van der Waals surface area contributed by atoms with Crippen molar-refractivity contribution >= 4 is 51.9 Å². The number of nitrogens with zero attached hydrogens (tertiary/aromatic N) is 1. The number of aromatic hydroxyl groups is 1. The molecule has 1 aromatic rings. The van der Waals surface area contributed by atoms with Crippen molar-refractivity contribution in [2.24, 2.45) is 0 Å². The zero-order valence-electron chi connectivity index (χ0n) is 13.3. The molecular weight excluding hydrogens is 439 g/mol. The summed E-state index contributed by atoms with van der Waals surface area (Å²) in [7, 11) is 1.50. The van der Waals surface area contributed by atoms with E-state index in [1.54, 1.807) is 23.1 Å². The average Bonchev–Trinajstić information content (AvgIpc) is 2.85. The van der Waals surface area contributed by atoms with Gasteiger partial charge in [-0.2, -0.15) is 0 Å². The van der Waals surface area contributed by atoms with Crippen molar-refractivity contribution in [1.29, 1.82) is 0 Å². The molecule has 128 valence electrons. The number of halogens is 1. The van der Waals surface area contributed by atoms with Crippen molar-refractivity contribution in [3.8, 4) is 11.5 Å². The van der Waals surface area contributed by atoms with Gasteiger partial charge in [-0.25, -0.2) is 0 Å². The van der Waals surface area contributed by atoms with Gasteiger partial charge in [0.2, 0.25) is 0 Å². The Morgan fingerprint density at radius 1 is 1.38 bits per heavy atom. The highest BCUT2D eigenvalue weighted by Gasteiger charge is 2.36. The number of thiocarbonyl (C=S) groups is 1. The first-order valence-corrected chi connectivity index (χ1v) is 9.42. The second kappa shape index (κ2) is 7.26. The van der Waals surface area contributed by atoms with E-state index in [0.29, 0.717) is 20.1 Å². The van der Waals surface area contributed by atoms with E-state index >= 15 is 0 Å². The van der Waals surface area contributed by atoms with E-state index in [-0.39, 0.29) is 17.7 Å². The van der Waals surface area contributed by atoms with Crippen molar-refractivity contribution in [3.05, 3.63) is 27.0 Å². The number of hydrogen-bond acceptors (Lipinski definition) is 4. The smallest absolute Gasteiger partial charge is 0.276 e. The Morgan fingerprint density at radius 3 is 2.75 bits per heavy atom. The third-order valence-corrected chi connectivity index (χ3v) is 5.55. The number of rotatable bonds is 3. The summed E-state index contributed by atoms with van der Waals surface area (Å²) in [6, 6.07) is 3.70. The summed E-state index contributed by atoms with van der Waals surface area (Å²) in [6.07, 6.45) is 7.28. The summed E-state index contributed by atoms with van der Waals surface area (Å²) in [5.41, 5.74) is 1.24. The quantitative estimate of drug-likeness (QED) is 0.413. The van der Waals surface area contributed by atoms with E-state index < -0.39 is 0 Å². The molecule has 1 aromatic carbocycles. The fourth-order valence-corrected chi connectivity index (χ4v) is 4.19. The van der Waals surface area contributed by atoms with Crippen molar-refractivity contribution in [3.63, 3.8) is 0 Å². The van der Waals surface area contributed by atoms with Crippen molar-refractivity contribution < 1.29 is 14.6 Å². The van der Waals surface area contributed by atoms with Crippen molar-refractivity contribution in [1.82, 2.24) is 10.2 Å². The molecule has 0 atom stereocenters. The second-order valence-electron chi connectivity index (χ2n) is 6.01. The Kier molecular flexibility index (Phi) is 5.29. The maximum atomic E-state index is 12.8. The number of benzene rings is 1. The molecular formula is C17H19IN2O3S. The Balaban J connectivity index is 1.87. The first kappa shape index (κ1) is 17.5. The average molecular weight is 458 g/mol. The molecule has 1 saturated heterocycles. The molecule has 3 rings (SSSR count). The molecule has 0 aromatic heterocycles. The molecule has 5 nitrogen and oxygen atoms in total. The maximum absolute atomic E-state index is 12.8. The molecule has 1 heterocycles. The lowest BCUT2D eigenvalue weighted by atomic mass is 9.94. The Bertz CT molecular complexity index is 714. The topological polar surface area (TPSA) is 61.8 Å². The third-order valence-electron chi connectivity index (χ3n) is 4.43. The molecule has 24 heavy (non-hydrogen) atoms. The SMILES string of the molecule is COc1cc(/C=C2\NC(=S)N(C3CCCCC3)C2=O)cc(I)c1O. The standard InChI is InChI=1S/C17H19IN2O3S/c1-23-14-9-10(7-12(18)15(14)21)8-13-16(22)20(17(24)19-13)11-5-3-2-4-6-11/h7-9,11,21H,2-6H2,1H3,(H,19,24)/b13-8-. The Morgan fingerprint density at radius 2 is 2.08 bits per heavy atom. The van der Waals surface area contributed by atoms with Crippen LogP contribution in [0, 0.1) is 3.57 Å². The number of methoxy groups -OCH3 is 1. The van der Waals surface area contributed by atoms with Crippen LogP contribution in [0.15, 0.2) is 17.8 Å². The van der Waals surface area contributed by atoms with Gasteiger partial charge in [0.1, 0.15) is 5.70 Å². The molecule has 0 spiro atoms. The minimum Gasteiger partial charge on any atom is -0.504 e. The number of phenols is 1. The lowest BCUT2D eigenvalue weighted by molar-refractivity contribution is -0.124. The van der Waals surface area contributed by atoms with Crippen LogP contribution < -0.4 is 10.1 Å². The summed E-state index contributed by atoms with van der Waals surface area (Å²) in [5.74, 6) is 0.408. The second-order valence-corrected chi connectivity index (χ2v) is 7.56. The van der Waals surface area contributed by atoms with Gasteiger partial charge >= 0.3 is 0 Å². The predicted molar refractivity (Wildman–Crippen MR) is 105 cm³/mol. The fourth-order valence-electron chi connectivity index (χ4n) is 3.22. The predicted octanol–water partition coefficient (Wildman–Crippen LogP) is 3.40. The molecule has 0 radical (unpaired) electrons. The summed E-state index contributed by atoms with van der Waals surface area (Å²) >= 11 is 7.41. The summed E-state index contributed by atoms with van der Waals surface area (Å²) < 4.78 is 5.83. The van der Waals surface area contributed by atoms with Gasteiger partial charge in [-0.05, 0) is 71.4 Å². The molecule has 2 aliphatic rings. The van der Waals surface area contributed by atoms with Gasteiger partial charge < -0.3 is 15.2 Å². The zero-order valence-corrected chi connectivity index (χ0v) is 16.3. The number of amides is 1. The lowest BCUT2D eigenvalue weighted by Gasteiger charge is -2.29. The summed E-state index contributed by atoms with van der Waals surface area (Å²) in [5, 5.41) is 13.4. The van der Waals surface area contributed by atoms with E-state index in [0.717, 1.165) is 31.2 Å². The van der Waals surface area contributed by atoms with Crippen LogP contribution in [0.25, 0.3) is 6.08 Å². The van der Waals surface area contributed by atoms with Crippen molar-refractivity contribution in [2.45, 2.75) is 38.1 Å². The highest BCUT2D eigenvalue weighted by Crippen LogP contribution is 2.33. The summed E-state index contributed by atoms with van der Waals surface area (Å²) in [4.78, 5) is 14.5. The number of hydrogen-bond donors (Lipinski definition) is 2. The minimum absolute atomic E-state index is 0.0750. The Hall–Kier alpha value is -1.35. The largest absolute Gasteiger partial charge is 0.504 e. The van der Waals surface area contributed by atoms with Crippen LogP contribution in [0.2, 0.25) is 0 Å².